The summed E-state index contributed by atoms with van der Waals surface area (Å²) in [5.41, 5.74) is 7.55. The van der Waals surface area contributed by atoms with Crippen LogP contribution in [0.2, 0.25) is 0 Å². The number of aromatic nitrogens is 2. The second-order valence-corrected chi connectivity index (χ2v) is 6.23. The van der Waals surface area contributed by atoms with Gasteiger partial charge in [0, 0.05) is 19.6 Å². The Bertz CT molecular complexity index is 653. The third kappa shape index (κ3) is 2.90. The van der Waals surface area contributed by atoms with Gasteiger partial charge in [-0.05, 0) is 17.2 Å². The van der Waals surface area contributed by atoms with Crippen LogP contribution in [0.4, 0.5) is 0 Å². The Hall–Kier alpha value is -1.70. The summed E-state index contributed by atoms with van der Waals surface area (Å²) in [6.45, 7) is 2.86. The van der Waals surface area contributed by atoms with Gasteiger partial charge in [-0.15, -0.1) is 0 Å². The summed E-state index contributed by atoms with van der Waals surface area (Å²) in [5, 5.41) is 6.30. The molecule has 0 fully saturated rings. The van der Waals surface area contributed by atoms with Gasteiger partial charge in [0.05, 0.1) is 6.20 Å². The van der Waals surface area contributed by atoms with Crippen molar-refractivity contribution < 1.29 is 8.42 Å². The van der Waals surface area contributed by atoms with E-state index < -0.39 is 10.0 Å². The number of benzene rings is 1. The van der Waals surface area contributed by atoms with Gasteiger partial charge in [0.15, 0.2) is 5.03 Å². The zero-order chi connectivity index (χ0) is 14.6. The van der Waals surface area contributed by atoms with Gasteiger partial charge in [-0.1, -0.05) is 31.2 Å². The van der Waals surface area contributed by atoms with E-state index in [2.05, 4.69) is 10.2 Å². The third-order valence-corrected chi connectivity index (χ3v) is 4.98. The number of nitrogens with zero attached hydrogens (tertiary/aromatic N) is 2. The minimum absolute atomic E-state index is 0.101. The number of sulfonamides is 1. The first-order valence-corrected chi connectivity index (χ1v) is 7.80. The van der Waals surface area contributed by atoms with Gasteiger partial charge in [0.1, 0.15) is 0 Å². The van der Waals surface area contributed by atoms with Crippen molar-refractivity contribution in [2.24, 2.45) is 5.73 Å². The molecule has 0 unspecified atom stereocenters. The van der Waals surface area contributed by atoms with Crippen molar-refractivity contribution in [2.75, 3.05) is 6.54 Å². The summed E-state index contributed by atoms with van der Waals surface area (Å²) in [5.74, 6) is 0. The molecule has 0 atom stereocenters. The Morgan fingerprint density at radius 3 is 2.50 bits per heavy atom. The monoisotopic (exact) mass is 294 g/mol. The summed E-state index contributed by atoms with van der Waals surface area (Å²) in [6.07, 6.45) is 1.43. The Balaban J connectivity index is 2.30. The molecule has 1 aromatic carbocycles. The molecule has 0 saturated carbocycles. The van der Waals surface area contributed by atoms with Gasteiger partial charge < -0.3 is 5.73 Å². The zero-order valence-electron chi connectivity index (χ0n) is 11.3. The quantitative estimate of drug-likeness (QED) is 0.834. The average molecular weight is 294 g/mol. The van der Waals surface area contributed by atoms with Gasteiger partial charge in [-0.3, -0.25) is 5.10 Å². The van der Waals surface area contributed by atoms with E-state index in [1.165, 1.54) is 16.6 Å². The molecule has 7 heteroatoms. The van der Waals surface area contributed by atoms with Crippen LogP contribution in [0.5, 0.6) is 0 Å². The van der Waals surface area contributed by atoms with E-state index >= 15 is 0 Å². The number of rotatable bonds is 6. The van der Waals surface area contributed by atoms with Crippen LogP contribution in [0.15, 0.2) is 41.6 Å². The number of nitrogens with one attached hydrogen (secondary N) is 1. The predicted molar refractivity (Wildman–Crippen MR) is 76.2 cm³/mol. The molecule has 6 nitrogen and oxygen atoms in total. The van der Waals surface area contributed by atoms with E-state index in [0.29, 0.717) is 19.6 Å². The van der Waals surface area contributed by atoms with E-state index in [9.17, 15) is 8.42 Å². The number of hydrogen-bond acceptors (Lipinski definition) is 4. The van der Waals surface area contributed by atoms with Crippen LogP contribution < -0.4 is 5.73 Å². The normalized spacial score (nSPS) is 11.9. The second kappa shape index (κ2) is 6.17. The minimum atomic E-state index is -3.56. The smallest absolute Gasteiger partial charge is 0.260 e. The highest BCUT2D eigenvalue weighted by molar-refractivity contribution is 7.89. The van der Waals surface area contributed by atoms with Gasteiger partial charge in [0.2, 0.25) is 0 Å². The first kappa shape index (κ1) is 14.7. The molecule has 0 aliphatic heterocycles. The van der Waals surface area contributed by atoms with Crippen molar-refractivity contribution in [3.05, 3.63) is 47.7 Å². The number of hydrogen-bond donors (Lipinski definition) is 2. The molecule has 2 aromatic rings. The van der Waals surface area contributed by atoms with Gasteiger partial charge in [0.25, 0.3) is 10.0 Å². The van der Waals surface area contributed by atoms with E-state index in [1.807, 2.05) is 24.3 Å². The third-order valence-electron chi connectivity index (χ3n) is 3.13. The number of nitrogens with two attached hydrogens (primary N) is 1. The summed E-state index contributed by atoms with van der Waals surface area (Å²) in [4.78, 5) is 0. The first-order valence-electron chi connectivity index (χ1n) is 6.36. The Labute approximate surface area is 118 Å². The van der Waals surface area contributed by atoms with Crippen LogP contribution in [0.1, 0.15) is 18.1 Å². The van der Waals surface area contributed by atoms with Gasteiger partial charge in [-0.2, -0.15) is 9.40 Å². The van der Waals surface area contributed by atoms with Crippen molar-refractivity contribution in [1.82, 2.24) is 14.5 Å². The SMILES string of the molecule is CCN(Cc1ccccc1CN)S(=O)(=O)c1ccn[nH]1. The Morgan fingerprint density at radius 1 is 1.25 bits per heavy atom. The van der Waals surface area contributed by atoms with Crippen molar-refractivity contribution >= 4 is 10.0 Å². The van der Waals surface area contributed by atoms with Crippen molar-refractivity contribution in [2.45, 2.75) is 25.0 Å². The van der Waals surface area contributed by atoms with Crippen LogP contribution in [-0.4, -0.2) is 29.5 Å². The van der Waals surface area contributed by atoms with Crippen LogP contribution in [0, 0.1) is 0 Å². The molecular formula is C13H18N4O2S. The fourth-order valence-electron chi connectivity index (χ4n) is 1.99. The Kier molecular flexibility index (Phi) is 4.53. The lowest BCUT2D eigenvalue weighted by Crippen LogP contribution is -2.31. The first-order chi connectivity index (χ1) is 9.59. The molecule has 0 aliphatic carbocycles. The topological polar surface area (TPSA) is 92.1 Å². The van der Waals surface area contributed by atoms with Crippen LogP contribution in [0.25, 0.3) is 0 Å². The van der Waals surface area contributed by atoms with Crippen molar-refractivity contribution in [3.8, 4) is 0 Å². The molecule has 0 saturated heterocycles. The van der Waals surface area contributed by atoms with E-state index in [0.717, 1.165) is 11.1 Å². The van der Waals surface area contributed by atoms with Crippen molar-refractivity contribution in [3.63, 3.8) is 0 Å². The summed E-state index contributed by atoms with van der Waals surface area (Å²) < 4.78 is 26.3. The van der Waals surface area contributed by atoms with Crippen LogP contribution >= 0.6 is 0 Å². The zero-order valence-corrected chi connectivity index (χ0v) is 12.1. The molecule has 1 heterocycles. The summed E-state index contributed by atoms with van der Waals surface area (Å²) >= 11 is 0. The lowest BCUT2D eigenvalue weighted by Gasteiger charge is -2.20. The molecule has 0 spiro atoms. The second-order valence-electron chi connectivity index (χ2n) is 4.32. The highest BCUT2D eigenvalue weighted by atomic mass is 32.2. The maximum absolute atomic E-state index is 12.5. The molecular weight excluding hydrogens is 276 g/mol. The molecule has 2 rings (SSSR count). The van der Waals surface area contributed by atoms with E-state index in [1.54, 1.807) is 6.92 Å². The maximum Gasteiger partial charge on any atom is 0.260 e. The van der Waals surface area contributed by atoms with E-state index in [-0.39, 0.29) is 5.03 Å². The highest BCUT2D eigenvalue weighted by Crippen LogP contribution is 2.18. The molecule has 20 heavy (non-hydrogen) atoms. The average Bonchev–Trinajstić information content (AvgIpc) is 2.99. The fraction of sp³-hybridized carbons (Fsp3) is 0.308. The molecule has 0 aliphatic rings. The molecule has 0 bridgehead atoms. The van der Waals surface area contributed by atoms with Gasteiger partial charge in [-0.25, -0.2) is 8.42 Å². The molecule has 3 N–H and O–H groups in total. The molecule has 0 amide bonds. The highest BCUT2D eigenvalue weighted by Gasteiger charge is 2.24. The minimum Gasteiger partial charge on any atom is -0.326 e. The largest absolute Gasteiger partial charge is 0.326 e. The lowest BCUT2D eigenvalue weighted by molar-refractivity contribution is 0.420. The number of aromatic amines is 1. The molecule has 0 radical (unpaired) electrons. The van der Waals surface area contributed by atoms with Crippen LogP contribution in [-0.2, 0) is 23.1 Å². The van der Waals surface area contributed by atoms with E-state index in [4.69, 9.17) is 5.73 Å². The lowest BCUT2D eigenvalue weighted by atomic mass is 10.1. The van der Waals surface area contributed by atoms with Gasteiger partial charge >= 0.3 is 0 Å². The standard InChI is InChI=1S/C13H18N4O2S/c1-2-17(20(18,19)13-7-8-15-16-13)10-12-6-4-3-5-11(12)9-14/h3-8H,2,9-10,14H2,1H3,(H,15,16). The van der Waals surface area contributed by atoms with Crippen LogP contribution in [0.3, 0.4) is 0 Å². The summed E-state index contributed by atoms with van der Waals surface area (Å²) in [6, 6.07) is 9.03. The molecule has 108 valence electrons. The Morgan fingerprint density at radius 2 is 1.95 bits per heavy atom. The van der Waals surface area contributed by atoms with Crippen molar-refractivity contribution in [1.29, 1.82) is 0 Å². The number of H-pyrrole nitrogens is 1. The predicted octanol–water partition coefficient (Wildman–Crippen LogP) is 1.08. The summed E-state index contributed by atoms with van der Waals surface area (Å²) in [7, 11) is -3.56. The fourth-order valence-corrected chi connectivity index (χ4v) is 3.32. The maximum atomic E-state index is 12.5. The molecule has 1 aromatic heterocycles.